The fourth-order valence-corrected chi connectivity index (χ4v) is 1.90. The Balaban J connectivity index is 2.40. The van der Waals surface area contributed by atoms with Crippen LogP contribution in [0.15, 0.2) is 0 Å². The zero-order chi connectivity index (χ0) is 15.1. The van der Waals surface area contributed by atoms with E-state index in [1.165, 1.54) is 0 Å². The molecule has 0 fully saturated rings. The van der Waals surface area contributed by atoms with Crippen molar-refractivity contribution < 1.29 is 9.53 Å². The summed E-state index contributed by atoms with van der Waals surface area (Å²) >= 11 is 0. The van der Waals surface area contributed by atoms with Gasteiger partial charge in [-0.15, -0.1) is 0 Å². The molecular formula is C14H26N4O2. The van der Waals surface area contributed by atoms with E-state index in [1.54, 1.807) is 4.68 Å². The number of unbranched alkanes of at least 4 members (excludes halogenated alkanes) is 1. The molecule has 20 heavy (non-hydrogen) atoms. The Morgan fingerprint density at radius 1 is 1.45 bits per heavy atom. The Morgan fingerprint density at radius 2 is 2.15 bits per heavy atom. The van der Waals surface area contributed by atoms with Gasteiger partial charge in [-0.25, -0.2) is 0 Å². The molecule has 0 aromatic carbocycles. The van der Waals surface area contributed by atoms with Gasteiger partial charge in [-0.3, -0.25) is 9.48 Å². The van der Waals surface area contributed by atoms with Gasteiger partial charge in [0.2, 0.25) is 0 Å². The molecule has 0 bridgehead atoms. The summed E-state index contributed by atoms with van der Waals surface area (Å²) in [6.45, 7) is 9.74. The van der Waals surface area contributed by atoms with Crippen LogP contribution in [0.5, 0.6) is 0 Å². The fraction of sp³-hybridized carbons (Fsp3) is 0.714. The van der Waals surface area contributed by atoms with E-state index in [9.17, 15) is 4.79 Å². The number of hydrogen-bond donors (Lipinski definition) is 2. The predicted octanol–water partition coefficient (Wildman–Crippen LogP) is 1.73. The normalized spacial score (nSPS) is 11.1. The van der Waals surface area contributed by atoms with Crippen molar-refractivity contribution in [2.75, 3.05) is 18.9 Å². The van der Waals surface area contributed by atoms with Crippen molar-refractivity contribution in [2.45, 2.75) is 53.2 Å². The van der Waals surface area contributed by atoms with Crippen LogP contribution in [0.2, 0.25) is 0 Å². The van der Waals surface area contributed by atoms with E-state index in [0.29, 0.717) is 30.2 Å². The molecule has 0 atom stereocenters. The lowest BCUT2D eigenvalue weighted by molar-refractivity contribution is 0.0754. The molecule has 0 spiro atoms. The smallest absolute Gasteiger partial charge is 0.271 e. The number of nitrogen functional groups attached to an aromatic ring is 1. The lowest BCUT2D eigenvalue weighted by Crippen LogP contribution is -2.28. The van der Waals surface area contributed by atoms with Gasteiger partial charge in [0.1, 0.15) is 5.69 Å². The third-order valence-corrected chi connectivity index (χ3v) is 3.00. The summed E-state index contributed by atoms with van der Waals surface area (Å²) in [6.07, 6.45) is 2.07. The zero-order valence-electron chi connectivity index (χ0n) is 12.9. The first kappa shape index (κ1) is 16.5. The lowest BCUT2D eigenvalue weighted by atomic mass is 10.2. The average molecular weight is 282 g/mol. The molecule has 0 saturated heterocycles. The first-order valence-corrected chi connectivity index (χ1v) is 7.20. The van der Waals surface area contributed by atoms with E-state index >= 15 is 0 Å². The quantitative estimate of drug-likeness (QED) is 0.711. The van der Waals surface area contributed by atoms with Gasteiger partial charge in [-0.2, -0.15) is 5.10 Å². The predicted molar refractivity (Wildman–Crippen MR) is 79.7 cm³/mol. The molecule has 0 aliphatic carbocycles. The Kier molecular flexibility index (Phi) is 6.51. The monoisotopic (exact) mass is 282 g/mol. The number of nitrogens with one attached hydrogen (secondary N) is 1. The molecular weight excluding hydrogens is 256 g/mol. The molecule has 1 amide bonds. The highest BCUT2D eigenvalue weighted by Crippen LogP contribution is 2.16. The highest BCUT2D eigenvalue weighted by atomic mass is 16.5. The van der Waals surface area contributed by atoms with Crippen molar-refractivity contribution in [3.8, 4) is 0 Å². The molecule has 1 aromatic rings. The summed E-state index contributed by atoms with van der Waals surface area (Å²) in [6, 6.07) is 0. The molecule has 0 radical (unpaired) electrons. The van der Waals surface area contributed by atoms with E-state index in [-0.39, 0.29) is 12.0 Å². The van der Waals surface area contributed by atoms with Gasteiger partial charge >= 0.3 is 0 Å². The Morgan fingerprint density at radius 3 is 2.75 bits per heavy atom. The number of amides is 1. The van der Waals surface area contributed by atoms with Crippen molar-refractivity contribution in [1.29, 1.82) is 0 Å². The summed E-state index contributed by atoms with van der Waals surface area (Å²) in [5.41, 5.74) is 7.52. The van der Waals surface area contributed by atoms with Gasteiger partial charge in [0.25, 0.3) is 5.91 Å². The number of carbonyl (C=O) groups excluding carboxylic acids is 1. The van der Waals surface area contributed by atoms with Gasteiger partial charge < -0.3 is 15.8 Å². The van der Waals surface area contributed by atoms with Crippen LogP contribution in [0.3, 0.4) is 0 Å². The number of anilines is 1. The SMILES string of the molecule is CCn1nc(C)c(N)c1C(=O)NCCCCOC(C)C. The van der Waals surface area contributed by atoms with Crippen LogP contribution in [0.1, 0.15) is 49.8 Å². The number of ether oxygens (including phenoxy) is 1. The summed E-state index contributed by atoms with van der Waals surface area (Å²) in [7, 11) is 0. The van der Waals surface area contributed by atoms with Crippen molar-refractivity contribution in [2.24, 2.45) is 0 Å². The molecule has 6 heteroatoms. The van der Waals surface area contributed by atoms with Crippen molar-refractivity contribution in [3.63, 3.8) is 0 Å². The standard InChI is InChI=1S/C14H26N4O2/c1-5-18-13(12(15)11(4)17-18)14(19)16-8-6-7-9-20-10(2)3/h10H,5-9,15H2,1-4H3,(H,16,19). The topological polar surface area (TPSA) is 82.2 Å². The van der Waals surface area contributed by atoms with Crippen LogP contribution in [0.25, 0.3) is 0 Å². The number of nitrogens with zero attached hydrogens (tertiary/aromatic N) is 2. The van der Waals surface area contributed by atoms with Gasteiger partial charge in [0.05, 0.1) is 17.5 Å². The molecule has 3 N–H and O–H groups in total. The first-order chi connectivity index (χ1) is 9.47. The van der Waals surface area contributed by atoms with Crippen LogP contribution in [-0.4, -0.2) is 34.9 Å². The molecule has 0 saturated carbocycles. The molecule has 1 rings (SSSR count). The highest BCUT2D eigenvalue weighted by molar-refractivity contribution is 5.97. The molecule has 6 nitrogen and oxygen atoms in total. The van der Waals surface area contributed by atoms with Gasteiger partial charge in [0.15, 0.2) is 0 Å². The summed E-state index contributed by atoms with van der Waals surface area (Å²) in [5, 5.41) is 7.12. The van der Waals surface area contributed by atoms with E-state index in [0.717, 1.165) is 19.4 Å². The molecule has 0 aliphatic rings. The van der Waals surface area contributed by atoms with Crippen LogP contribution in [0, 0.1) is 6.92 Å². The van der Waals surface area contributed by atoms with Crippen LogP contribution in [0.4, 0.5) is 5.69 Å². The molecule has 0 unspecified atom stereocenters. The maximum Gasteiger partial charge on any atom is 0.271 e. The number of aromatic nitrogens is 2. The average Bonchev–Trinajstić information content (AvgIpc) is 2.69. The number of nitrogens with two attached hydrogens (primary N) is 1. The van der Waals surface area contributed by atoms with Crippen LogP contribution >= 0.6 is 0 Å². The van der Waals surface area contributed by atoms with E-state index in [4.69, 9.17) is 10.5 Å². The number of carbonyl (C=O) groups is 1. The van der Waals surface area contributed by atoms with E-state index in [2.05, 4.69) is 10.4 Å². The second-order valence-corrected chi connectivity index (χ2v) is 5.05. The number of hydrogen-bond acceptors (Lipinski definition) is 4. The molecule has 1 aromatic heterocycles. The largest absolute Gasteiger partial charge is 0.395 e. The minimum Gasteiger partial charge on any atom is -0.395 e. The summed E-state index contributed by atoms with van der Waals surface area (Å²) < 4.78 is 7.09. The highest BCUT2D eigenvalue weighted by Gasteiger charge is 2.18. The molecule has 1 heterocycles. The van der Waals surface area contributed by atoms with Gasteiger partial charge in [-0.1, -0.05) is 0 Å². The van der Waals surface area contributed by atoms with E-state index in [1.807, 2.05) is 27.7 Å². The third-order valence-electron chi connectivity index (χ3n) is 3.00. The Labute approximate surface area is 120 Å². The van der Waals surface area contributed by atoms with Crippen molar-refractivity contribution >= 4 is 11.6 Å². The van der Waals surface area contributed by atoms with Gasteiger partial charge in [0, 0.05) is 19.7 Å². The maximum absolute atomic E-state index is 12.1. The van der Waals surface area contributed by atoms with Crippen molar-refractivity contribution in [1.82, 2.24) is 15.1 Å². The Hall–Kier alpha value is -1.56. The first-order valence-electron chi connectivity index (χ1n) is 7.20. The second kappa shape index (κ2) is 7.89. The second-order valence-electron chi connectivity index (χ2n) is 5.05. The van der Waals surface area contributed by atoms with E-state index < -0.39 is 0 Å². The minimum absolute atomic E-state index is 0.158. The van der Waals surface area contributed by atoms with Crippen LogP contribution < -0.4 is 11.1 Å². The van der Waals surface area contributed by atoms with Crippen LogP contribution in [-0.2, 0) is 11.3 Å². The third kappa shape index (κ3) is 4.52. The zero-order valence-corrected chi connectivity index (χ0v) is 12.9. The summed E-state index contributed by atoms with van der Waals surface area (Å²) in [4.78, 5) is 12.1. The fourth-order valence-electron chi connectivity index (χ4n) is 1.90. The lowest BCUT2D eigenvalue weighted by Gasteiger charge is -2.09. The van der Waals surface area contributed by atoms with Crippen molar-refractivity contribution in [3.05, 3.63) is 11.4 Å². The molecule has 114 valence electrons. The number of rotatable bonds is 8. The van der Waals surface area contributed by atoms with Gasteiger partial charge in [-0.05, 0) is 40.5 Å². The maximum atomic E-state index is 12.1. The Bertz CT molecular complexity index is 441. The number of aryl methyl sites for hydroxylation is 2. The minimum atomic E-state index is -0.158. The molecule has 0 aliphatic heterocycles. The summed E-state index contributed by atoms with van der Waals surface area (Å²) in [5.74, 6) is -0.158.